The zero-order valence-corrected chi connectivity index (χ0v) is 31.5. The van der Waals surface area contributed by atoms with E-state index in [1.165, 1.54) is 44.5 Å². The number of hydrogen-bond acceptors (Lipinski definition) is 2. The van der Waals surface area contributed by atoms with Gasteiger partial charge >= 0.3 is 0 Å². The van der Waals surface area contributed by atoms with Crippen LogP contribution in [-0.4, -0.2) is 19.1 Å². The molecule has 0 N–H and O–H groups in total. The van der Waals surface area contributed by atoms with Crippen molar-refractivity contribution in [3.63, 3.8) is 0 Å². The zero-order chi connectivity index (χ0) is 33.2. The SMILES string of the molecule is [Au].[Au].[C-]#Cc1ccc2c(c1)Cc1ccccc1-2.[C-]#Cc1ccc2c(c1)Cc1ccccc1-2.[c-]1nc2ccccc2n1Cn1[c-]nc2ccccc21. The Kier molecular flexibility index (Phi) is 11.1. The Hall–Kier alpha value is -5.14. The first-order valence-corrected chi connectivity index (χ1v) is 16.1. The van der Waals surface area contributed by atoms with Crippen LogP contribution in [0.5, 0.6) is 0 Å². The number of nitrogens with zero attached hydrogens (tertiary/aromatic N) is 4. The fourth-order valence-electron chi connectivity index (χ4n) is 6.71. The molecule has 0 atom stereocenters. The van der Waals surface area contributed by atoms with Crippen LogP contribution in [0.4, 0.5) is 0 Å². The minimum Gasteiger partial charge on any atom is -0.432 e. The molecule has 2 heterocycles. The summed E-state index contributed by atoms with van der Waals surface area (Å²) in [5.74, 6) is 4.87. The Morgan fingerprint density at radius 2 is 0.882 bits per heavy atom. The van der Waals surface area contributed by atoms with E-state index in [-0.39, 0.29) is 44.8 Å². The molecule has 2 aromatic heterocycles. The molecule has 0 unspecified atom stereocenters. The minimum atomic E-state index is 0. The summed E-state index contributed by atoms with van der Waals surface area (Å²) >= 11 is 0. The van der Waals surface area contributed by atoms with Crippen LogP contribution in [0.15, 0.2) is 133 Å². The van der Waals surface area contributed by atoms with Crippen LogP contribution in [0.3, 0.4) is 0 Å². The maximum absolute atomic E-state index is 7.12. The second kappa shape index (κ2) is 15.8. The molecule has 0 bridgehead atoms. The molecule has 8 aromatic rings. The summed E-state index contributed by atoms with van der Waals surface area (Å²) in [6.45, 7) is 0.612. The summed E-state index contributed by atoms with van der Waals surface area (Å²) in [6.07, 6.45) is 22.2. The Morgan fingerprint density at radius 3 is 1.33 bits per heavy atom. The average Bonchev–Trinajstić information content (AvgIpc) is 3.95. The molecule has 0 saturated heterocycles. The number of hydrogen-bond donors (Lipinski definition) is 0. The number of rotatable bonds is 2. The van der Waals surface area contributed by atoms with E-state index in [2.05, 4.69) is 107 Å². The number of benzene rings is 6. The maximum Gasteiger partial charge on any atom is 0.0563 e. The molecule has 2 radical (unpaired) electrons. The topological polar surface area (TPSA) is 35.6 Å². The third-order valence-corrected chi connectivity index (χ3v) is 9.09. The summed E-state index contributed by atoms with van der Waals surface area (Å²) in [4.78, 5) is 8.54. The van der Waals surface area contributed by atoms with E-state index in [9.17, 15) is 0 Å². The van der Waals surface area contributed by atoms with Crippen molar-refractivity contribution in [1.29, 1.82) is 0 Å². The van der Waals surface area contributed by atoms with Crippen LogP contribution in [0, 0.1) is 37.3 Å². The third kappa shape index (κ3) is 7.22. The molecular weight excluding hydrogens is 990 g/mol. The number of para-hydroxylation sites is 4. The monoisotopic (exact) mass is 1020 g/mol. The first-order chi connectivity index (χ1) is 24.2. The van der Waals surface area contributed by atoms with E-state index in [1.807, 2.05) is 69.8 Å². The molecule has 51 heavy (non-hydrogen) atoms. The molecule has 0 saturated carbocycles. The van der Waals surface area contributed by atoms with Crippen LogP contribution >= 0.6 is 0 Å². The molecule has 0 aliphatic heterocycles. The van der Waals surface area contributed by atoms with Crippen molar-refractivity contribution in [2.75, 3.05) is 0 Å². The molecule has 0 amide bonds. The number of aromatic nitrogens is 4. The number of fused-ring (bicyclic) bond motifs is 8. The normalized spacial score (nSPS) is 11.1. The Bertz CT molecular complexity index is 2400. The smallest absolute Gasteiger partial charge is 0.0563 e. The molecule has 0 spiro atoms. The largest absolute Gasteiger partial charge is 0.432 e. The van der Waals surface area contributed by atoms with Gasteiger partial charge in [-0.25, -0.2) is 0 Å². The van der Waals surface area contributed by atoms with E-state index < -0.39 is 0 Å². The summed E-state index contributed by atoms with van der Waals surface area (Å²) in [5.41, 5.74) is 16.4. The van der Waals surface area contributed by atoms with Crippen LogP contribution in [0.1, 0.15) is 33.4 Å². The van der Waals surface area contributed by atoms with Gasteiger partial charge in [0.15, 0.2) is 0 Å². The van der Waals surface area contributed by atoms with E-state index in [0.717, 1.165) is 46.0 Å². The second-order valence-electron chi connectivity index (χ2n) is 12.1. The van der Waals surface area contributed by atoms with Gasteiger partial charge in [0.05, 0.1) is 6.67 Å². The predicted octanol–water partition coefficient (Wildman–Crippen LogP) is 8.88. The van der Waals surface area contributed by atoms with Gasteiger partial charge in [-0.15, -0.1) is 59.7 Å². The average molecular weight is 1020 g/mol. The van der Waals surface area contributed by atoms with E-state index >= 15 is 0 Å². The molecule has 2 aliphatic carbocycles. The van der Waals surface area contributed by atoms with Gasteiger partial charge in [-0.2, -0.15) is 0 Å². The number of imidazole rings is 2. The fourth-order valence-corrected chi connectivity index (χ4v) is 6.71. The van der Waals surface area contributed by atoms with Crippen molar-refractivity contribution in [3.05, 3.63) is 192 Å². The predicted molar refractivity (Wildman–Crippen MR) is 194 cm³/mol. The van der Waals surface area contributed by atoms with Crippen molar-refractivity contribution in [2.45, 2.75) is 19.5 Å². The van der Waals surface area contributed by atoms with Crippen molar-refractivity contribution in [1.82, 2.24) is 19.1 Å². The fraction of sp³-hybridized carbons (Fsp3) is 0.0667. The van der Waals surface area contributed by atoms with E-state index in [1.54, 1.807) is 0 Å². The Balaban J connectivity index is 0.000000131. The standard InChI is InChI=1S/C15H10N4.2C15H9.2Au/c1-3-7-14-12(5-1)16-9-18(14)11-19-10-17-13-6-2-4-8-15(13)19;2*1-2-11-7-8-15-13(9-11)10-12-5-3-4-6-14(12)15;;/h1-8H,11H2;2*3-9H,10H2;;/q-2;2*-1;;. The third-order valence-electron chi connectivity index (χ3n) is 9.09. The van der Waals surface area contributed by atoms with Crippen LogP contribution in [0.25, 0.3) is 44.3 Å². The molecule has 6 aromatic carbocycles. The van der Waals surface area contributed by atoms with Gasteiger partial charge in [-0.05, 0) is 46.2 Å². The van der Waals surface area contributed by atoms with Gasteiger partial charge in [0, 0.05) is 57.4 Å². The van der Waals surface area contributed by atoms with Gasteiger partial charge in [0.1, 0.15) is 0 Å². The summed E-state index contributed by atoms with van der Waals surface area (Å²) < 4.78 is 3.94. The maximum atomic E-state index is 7.12. The molecule has 2 aliphatic rings. The van der Waals surface area contributed by atoms with E-state index in [4.69, 9.17) is 12.8 Å². The second-order valence-corrected chi connectivity index (χ2v) is 12.1. The van der Waals surface area contributed by atoms with E-state index in [0.29, 0.717) is 6.67 Å². The van der Waals surface area contributed by atoms with Crippen molar-refractivity contribution in [2.24, 2.45) is 0 Å². The first-order valence-electron chi connectivity index (χ1n) is 16.1. The Morgan fingerprint density at radius 1 is 0.490 bits per heavy atom. The van der Waals surface area contributed by atoms with Gasteiger partial charge in [-0.1, -0.05) is 118 Å². The van der Waals surface area contributed by atoms with Gasteiger partial charge in [0.25, 0.3) is 0 Å². The van der Waals surface area contributed by atoms with Crippen molar-refractivity contribution < 1.29 is 44.8 Å². The van der Waals surface area contributed by atoms with Crippen LogP contribution in [-0.2, 0) is 64.3 Å². The molecule has 254 valence electrons. The molecule has 0 fully saturated rings. The summed E-state index contributed by atoms with van der Waals surface area (Å²) in [7, 11) is 0. The molecular formula is C45H28Au2N4-4. The van der Waals surface area contributed by atoms with Crippen LogP contribution in [0.2, 0.25) is 0 Å². The molecule has 10 rings (SSSR count). The quantitative estimate of drug-likeness (QED) is 0.0987. The van der Waals surface area contributed by atoms with Crippen LogP contribution < -0.4 is 0 Å². The summed E-state index contributed by atoms with van der Waals surface area (Å²) in [6, 6.07) is 45.2. The van der Waals surface area contributed by atoms with Crippen molar-refractivity contribution >= 4 is 22.1 Å². The first kappa shape index (κ1) is 35.7. The summed E-state index contributed by atoms with van der Waals surface area (Å²) in [5, 5.41) is 0. The van der Waals surface area contributed by atoms with Gasteiger partial charge in [-0.3, -0.25) is 11.8 Å². The van der Waals surface area contributed by atoms with Gasteiger partial charge in [0.2, 0.25) is 0 Å². The minimum absolute atomic E-state index is 0. The molecule has 4 nitrogen and oxygen atoms in total. The Labute approximate surface area is 329 Å². The molecule has 6 heteroatoms. The zero-order valence-electron chi connectivity index (χ0n) is 27.2. The van der Waals surface area contributed by atoms with Gasteiger partial charge < -0.3 is 31.9 Å². The van der Waals surface area contributed by atoms with Crippen molar-refractivity contribution in [3.8, 4) is 34.1 Å².